The molecule has 5 heteroatoms. The molecule has 0 radical (unpaired) electrons. The normalized spacial score (nSPS) is 12.5. The van der Waals surface area contributed by atoms with E-state index in [1.54, 1.807) is 0 Å². The molecule has 0 spiro atoms. The van der Waals surface area contributed by atoms with Gasteiger partial charge in [0.2, 0.25) is 0 Å². The highest BCUT2D eigenvalue weighted by Gasteiger charge is 2.21. The molecule has 112 valence electrons. The summed E-state index contributed by atoms with van der Waals surface area (Å²) in [6.07, 6.45) is 2.40. The van der Waals surface area contributed by atoms with Crippen LogP contribution in [0.5, 0.6) is 0 Å². The number of hydrogen-bond acceptors (Lipinski definition) is 3. The maximum Gasteiger partial charge on any atom is 0.307 e. The number of carboxylic acid groups (broad SMARTS) is 1. The molecule has 0 saturated carbocycles. The molecule has 5 nitrogen and oxygen atoms in total. The SMILES string of the molecule is CC(C)Cn1ncnc1CC(Cc1ccccc1)C(=O)O. The Morgan fingerprint density at radius 1 is 1.24 bits per heavy atom. The standard InChI is InChI=1S/C16H21N3O2/c1-12(2)10-19-15(17-11-18-19)9-14(16(20)21)8-13-6-4-3-5-7-13/h3-7,11-12,14H,8-10H2,1-2H3,(H,20,21). The first-order valence-electron chi connectivity index (χ1n) is 7.19. The number of aliphatic carboxylic acids is 1. The van der Waals surface area contributed by atoms with E-state index < -0.39 is 11.9 Å². The third-order valence-corrected chi connectivity index (χ3v) is 3.34. The number of benzene rings is 1. The molecule has 0 aliphatic rings. The summed E-state index contributed by atoms with van der Waals surface area (Å²) in [7, 11) is 0. The zero-order chi connectivity index (χ0) is 15.2. The molecule has 1 unspecified atom stereocenters. The molecule has 0 amide bonds. The van der Waals surface area contributed by atoms with Gasteiger partial charge in [-0.15, -0.1) is 0 Å². The molecule has 1 N–H and O–H groups in total. The van der Waals surface area contributed by atoms with Crippen LogP contribution in [0.25, 0.3) is 0 Å². The molecule has 21 heavy (non-hydrogen) atoms. The average molecular weight is 287 g/mol. The van der Waals surface area contributed by atoms with Crippen molar-refractivity contribution in [3.8, 4) is 0 Å². The third-order valence-electron chi connectivity index (χ3n) is 3.34. The molecule has 1 atom stereocenters. The van der Waals surface area contributed by atoms with Gasteiger partial charge in [0.25, 0.3) is 0 Å². The Kier molecular flexibility index (Phi) is 5.09. The molecule has 0 bridgehead atoms. The van der Waals surface area contributed by atoms with Crippen molar-refractivity contribution in [1.29, 1.82) is 0 Å². The zero-order valence-electron chi connectivity index (χ0n) is 12.4. The Bertz CT molecular complexity index is 578. The summed E-state index contributed by atoms with van der Waals surface area (Å²) in [6, 6.07) is 9.69. The number of carboxylic acids is 1. The van der Waals surface area contributed by atoms with E-state index >= 15 is 0 Å². The van der Waals surface area contributed by atoms with Gasteiger partial charge in [0.05, 0.1) is 5.92 Å². The van der Waals surface area contributed by atoms with Gasteiger partial charge < -0.3 is 5.11 Å². The molecule has 2 aromatic rings. The summed E-state index contributed by atoms with van der Waals surface area (Å²) in [6.45, 7) is 4.96. The third kappa shape index (κ3) is 4.41. The average Bonchev–Trinajstić information content (AvgIpc) is 2.85. The fourth-order valence-electron chi connectivity index (χ4n) is 2.31. The Hall–Kier alpha value is -2.17. The summed E-state index contributed by atoms with van der Waals surface area (Å²) in [5, 5.41) is 13.6. The fourth-order valence-corrected chi connectivity index (χ4v) is 2.31. The van der Waals surface area contributed by atoms with Crippen LogP contribution in [-0.4, -0.2) is 25.8 Å². The number of aromatic nitrogens is 3. The van der Waals surface area contributed by atoms with Crippen molar-refractivity contribution >= 4 is 5.97 Å². The largest absolute Gasteiger partial charge is 0.481 e. The summed E-state index contributed by atoms with van der Waals surface area (Å²) in [5.74, 6) is -0.0876. The van der Waals surface area contributed by atoms with Crippen molar-refractivity contribution in [1.82, 2.24) is 14.8 Å². The highest BCUT2D eigenvalue weighted by atomic mass is 16.4. The van der Waals surface area contributed by atoms with Crippen LogP contribution in [0.2, 0.25) is 0 Å². The highest BCUT2D eigenvalue weighted by Crippen LogP contribution is 2.14. The number of rotatable bonds is 7. The number of hydrogen-bond donors (Lipinski definition) is 1. The minimum absolute atomic E-state index is 0.400. The van der Waals surface area contributed by atoms with Crippen molar-refractivity contribution in [2.24, 2.45) is 11.8 Å². The lowest BCUT2D eigenvalue weighted by atomic mass is 9.96. The van der Waals surface area contributed by atoms with Crippen LogP contribution in [0.4, 0.5) is 0 Å². The topological polar surface area (TPSA) is 68.0 Å². The minimum atomic E-state index is -0.794. The van der Waals surface area contributed by atoms with Crippen LogP contribution in [0, 0.1) is 11.8 Å². The van der Waals surface area contributed by atoms with Crippen LogP contribution in [-0.2, 0) is 24.2 Å². The molecule has 2 rings (SSSR count). The molecule has 0 aliphatic carbocycles. The van der Waals surface area contributed by atoms with Crippen LogP contribution in [0.1, 0.15) is 25.2 Å². The number of carbonyl (C=O) groups is 1. The van der Waals surface area contributed by atoms with Crippen LogP contribution in [0.15, 0.2) is 36.7 Å². The Morgan fingerprint density at radius 3 is 2.57 bits per heavy atom. The van der Waals surface area contributed by atoms with E-state index in [9.17, 15) is 9.90 Å². The molecule has 0 saturated heterocycles. The van der Waals surface area contributed by atoms with Gasteiger partial charge in [-0.05, 0) is 17.9 Å². The van der Waals surface area contributed by atoms with E-state index in [-0.39, 0.29) is 0 Å². The molecule has 1 aromatic heterocycles. The molecule has 1 heterocycles. The first kappa shape index (κ1) is 15.2. The first-order valence-corrected chi connectivity index (χ1v) is 7.19. The van der Waals surface area contributed by atoms with Crippen LogP contribution >= 0.6 is 0 Å². The summed E-state index contributed by atoms with van der Waals surface area (Å²) < 4.78 is 1.81. The van der Waals surface area contributed by atoms with Crippen molar-refractivity contribution in [2.45, 2.75) is 33.2 Å². The van der Waals surface area contributed by atoms with Gasteiger partial charge in [0.15, 0.2) is 0 Å². The lowest BCUT2D eigenvalue weighted by molar-refractivity contribution is -0.141. The van der Waals surface area contributed by atoms with E-state index in [0.717, 1.165) is 17.9 Å². The van der Waals surface area contributed by atoms with Crippen LogP contribution in [0.3, 0.4) is 0 Å². The summed E-state index contributed by atoms with van der Waals surface area (Å²) in [5.41, 5.74) is 1.03. The Labute approximate surface area is 124 Å². The summed E-state index contributed by atoms with van der Waals surface area (Å²) >= 11 is 0. The van der Waals surface area contributed by atoms with E-state index in [4.69, 9.17) is 0 Å². The second kappa shape index (κ2) is 7.02. The van der Waals surface area contributed by atoms with Gasteiger partial charge in [-0.25, -0.2) is 9.67 Å². The van der Waals surface area contributed by atoms with Crippen molar-refractivity contribution in [3.63, 3.8) is 0 Å². The first-order chi connectivity index (χ1) is 10.1. The van der Waals surface area contributed by atoms with E-state index in [1.165, 1.54) is 6.33 Å². The lowest BCUT2D eigenvalue weighted by Crippen LogP contribution is -2.22. The second-order valence-electron chi connectivity index (χ2n) is 5.68. The van der Waals surface area contributed by atoms with Crippen molar-refractivity contribution in [2.75, 3.05) is 0 Å². The molecule has 0 aliphatic heterocycles. The molecule has 1 aromatic carbocycles. The minimum Gasteiger partial charge on any atom is -0.481 e. The van der Waals surface area contributed by atoms with Crippen molar-refractivity contribution in [3.05, 3.63) is 48.0 Å². The molecular weight excluding hydrogens is 266 g/mol. The lowest BCUT2D eigenvalue weighted by Gasteiger charge is -2.14. The molecule has 0 fully saturated rings. The van der Waals surface area contributed by atoms with E-state index in [2.05, 4.69) is 23.9 Å². The molecular formula is C16H21N3O2. The van der Waals surface area contributed by atoms with Gasteiger partial charge in [0.1, 0.15) is 12.2 Å². The van der Waals surface area contributed by atoms with Crippen molar-refractivity contribution < 1.29 is 9.90 Å². The predicted molar refractivity (Wildman–Crippen MR) is 79.8 cm³/mol. The van der Waals surface area contributed by atoms with Gasteiger partial charge in [-0.3, -0.25) is 4.79 Å². The Morgan fingerprint density at radius 2 is 1.95 bits per heavy atom. The quantitative estimate of drug-likeness (QED) is 0.849. The number of nitrogens with zero attached hydrogens (tertiary/aromatic N) is 3. The monoisotopic (exact) mass is 287 g/mol. The summed E-state index contributed by atoms with van der Waals surface area (Å²) in [4.78, 5) is 15.7. The van der Waals surface area contributed by atoms with Gasteiger partial charge in [-0.1, -0.05) is 44.2 Å². The van der Waals surface area contributed by atoms with E-state index in [0.29, 0.717) is 18.8 Å². The maximum absolute atomic E-state index is 11.5. The van der Waals surface area contributed by atoms with Gasteiger partial charge in [0, 0.05) is 13.0 Å². The fraction of sp³-hybridized carbons (Fsp3) is 0.438. The van der Waals surface area contributed by atoms with Gasteiger partial charge in [-0.2, -0.15) is 5.10 Å². The second-order valence-corrected chi connectivity index (χ2v) is 5.68. The Balaban J connectivity index is 2.10. The van der Waals surface area contributed by atoms with E-state index in [1.807, 2.05) is 35.0 Å². The van der Waals surface area contributed by atoms with Crippen LogP contribution < -0.4 is 0 Å². The maximum atomic E-state index is 11.5. The predicted octanol–water partition coefficient (Wildman–Crippen LogP) is 2.42. The smallest absolute Gasteiger partial charge is 0.307 e. The zero-order valence-corrected chi connectivity index (χ0v) is 12.4. The van der Waals surface area contributed by atoms with Gasteiger partial charge >= 0.3 is 5.97 Å². The highest BCUT2D eigenvalue weighted by molar-refractivity contribution is 5.70.